The van der Waals surface area contributed by atoms with E-state index in [-0.39, 0.29) is 27.3 Å². The highest BCUT2D eigenvalue weighted by atomic mass is 35.5. The maximum absolute atomic E-state index is 11.8. The molecule has 0 aliphatic rings. The molecule has 0 radical (unpaired) electrons. The van der Waals surface area contributed by atoms with Crippen LogP contribution in [0.5, 0.6) is 0 Å². The number of benzene rings is 1. The first-order valence-corrected chi connectivity index (χ1v) is 6.48. The zero-order valence-corrected chi connectivity index (χ0v) is 12.4. The van der Waals surface area contributed by atoms with Crippen molar-refractivity contribution in [2.24, 2.45) is 0 Å². The van der Waals surface area contributed by atoms with Crippen LogP contribution in [-0.2, 0) is 11.3 Å². The molecule has 21 heavy (non-hydrogen) atoms. The average Bonchev–Trinajstić information content (AvgIpc) is 2.84. The highest BCUT2D eigenvalue weighted by Gasteiger charge is 2.16. The monoisotopic (exact) mass is 349 g/mol. The van der Waals surface area contributed by atoms with Crippen LogP contribution >= 0.6 is 34.8 Å². The fourth-order valence-electron chi connectivity index (χ4n) is 1.40. The second kappa shape index (κ2) is 6.25. The fourth-order valence-corrected chi connectivity index (χ4v) is 1.99. The summed E-state index contributed by atoms with van der Waals surface area (Å²) in [6.07, 6.45) is 1.08. The van der Waals surface area contributed by atoms with E-state index in [1.54, 1.807) is 0 Å². The van der Waals surface area contributed by atoms with Crippen molar-refractivity contribution in [3.63, 3.8) is 0 Å². The Morgan fingerprint density at radius 2 is 1.95 bits per heavy atom. The molecule has 110 valence electrons. The maximum Gasteiger partial charge on any atom is 0.490 e. The number of hydrogen-bond donors (Lipinski definition) is 1. The van der Waals surface area contributed by atoms with Crippen LogP contribution in [0.15, 0.2) is 18.5 Å². The van der Waals surface area contributed by atoms with Crippen molar-refractivity contribution in [2.45, 2.75) is 6.54 Å². The first-order chi connectivity index (χ1) is 9.86. The van der Waals surface area contributed by atoms with Gasteiger partial charge in [0.2, 0.25) is 12.2 Å². The third kappa shape index (κ3) is 3.81. The van der Waals surface area contributed by atoms with Crippen molar-refractivity contribution in [3.8, 4) is 0 Å². The summed E-state index contributed by atoms with van der Waals surface area (Å²) in [5.74, 6) is -1.09. The molecule has 1 aromatic carbocycles. The predicted molar refractivity (Wildman–Crippen MR) is 76.8 cm³/mol. The molecule has 1 aromatic heterocycles. The number of anilines is 1. The standard InChI is InChI=1S/C10H6Cl3N5O3/c11-5-1-7(13)8(2-6(5)12)15-9(19)3-17-4-14-10(16-17)18(20)21/h1-2,4H,3H2,(H,15,19). The summed E-state index contributed by atoms with van der Waals surface area (Å²) in [7, 11) is 0. The molecule has 1 amide bonds. The molecule has 0 unspecified atom stereocenters. The van der Waals surface area contributed by atoms with Crippen LogP contribution in [0.3, 0.4) is 0 Å². The predicted octanol–water partition coefficient (Wildman–Crippen LogP) is 2.79. The lowest BCUT2D eigenvalue weighted by Crippen LogP contribution is -2.19. The molecule has 2 rings (SSSR count). The zero-order chi connectivity index (χ0) is 15.6. The summed E-state index contributed by atoms with van der Waals surface area (Å²) in [5.41, 5.74) is 0.269. The lowest BCUT2D eigenvalue weighted by molar-refractivity contribution is -0.394. The van der Waals surface area contributed by atoms with Crippen molar-refractivity contribution >= 4 is 52.3 Å². The molecule has 0 saturated carbocycles. The van der Waals surface area contributed by atoms with Gasteiger partial charge in [-0.3, -0.25) is 4.79 Å². The van der Waals surface area contributed by atoms with E-state index in [9.17, 15) is 14.9 Å². The van der Waals surface area contributed by atoms with E-state index in [1.165, 1.54) is 12.1 Å². The van der Waals surface area contributed by atoms with Gasteiger partial charge in [-0.05, 0) is 17.1 Å². The minimum atomic E-state index is -0.760. The van der Waals surface area contributed by atoms with E-state index in [0.29, 0.717) is 0 Å². The fraction of sp³-hybridized carbons (Fsp3) is 0.100. The van der Waals surface area contributed by atoms with Gasteiger partial charge in [0.1, 0.15) is 6.54 Å². The van der Waals surface area contributed by atoms with E-state index >= 15 is 0 Å². The summed E-state index contributed by atoms with van der Waals surface area (Å²) in [4.78, 5) is 24.9. The SMILES string of the molecule is O=C(Cn1cnc([N+](=O)[O-])n1)Nc1cc(Cl)c(Cl)cc1Cl. The van der Waals surface area contributed by atoms with Crippen molar-refractivity contribution < 1.29 is 9.72 Å². The van der Waals surface area contributed by atoms with Gasteiger partial charge in [0.15, 0.2) is 0 Å². The molecule has 11 heteroatoms. The Morgan fingerprint density at radius 1 is 1.29 bits per heavy atom. The number of nitrogens with zero attached hydrogens (tertiary/aromatic N) is 4. The quantitative estimate of drug-likeness (QED) is 0.519. The highest BCUT2D eigenvalue weighted by Crippen LogP contribution is 2.32. The summed E-state index contributed by atoms with van der Waals surface area (Å²) in [6.45, 7) is -0.266. The van der Waals surface area contributed by atoms with Gasteiger partial charge in [-0.25, -0.2) is 0 Å². The van der Waals surface area contributed by atoms with Gasteiger partial charge in [0, 0.05) is 5.10 Å². The Balaban J connectivity index is 2.08. The van der Waals surface area contributed by atoms with Crippen molar-refractivity contribution in [1.29, 1.82) is 0 Å². The number of carbonyl (C=O) groups is 1. The normalized spacial score (nSPS) is 10.4. The summed E-state index contributed by atoms with van der Waals surface area (Å²) >= 11 is 17.5. The van der Waals surface area contributed by atoms with Gasteiger partial charge >= 0.3 is 5.95 Å². The molecule has 0 aliphatic carbocycles. The minimum Gasteiger partial charge on any atom is -0.390 e. The third-order valence-corrected chi connectivity index (χ3v) is 3.31. The molecule has 1 N–H and O–H groups in total. The van der Waals surface area contributed by atoms with E-state index < -0.39 is 16.8 Å². The zero-order valence-electron chi connectivity index (χ0n) is 10.1. The van der Waals surface area contributed by atoms with Crippen LogP contribution < -0.4 is 5.32 Å². The number of aromatic nitrogens is 3. The molecule has 1 heterocycles. The first kappa shape index (κ1) is 15.5. The number of nitrogens with one attached hydrogen (secondary N) is 1. The van der Waals surface area contributed by atoms with Crippen LogP contribution in [0.2, 0.25) is 15.1 Å². The topological polar surface area (TPSA) is 103 Å². The van der Waals surface area contributed by atoms with Crippen LogP contribution in [0.25, 0.3) is 0 Å². The second-order valence-corrected chi connectivity index (χ2v) is 5.02. The number of amides is 1. The summed E-state index contributed by atoms with van der Waals surface area (Å²) in [5, 5.41) is 17.1. The minimum absolute atomic E-state index is 0.210. The Hall–Kier alpha value is -1.90. The number of hydrogen-bond acceptors (Lipinski definition) is 5. The molecule has 0 aliphatic heterocycles. The van der Waals surface area contributed by atoms with Crippen molar-refractivity contribution in [1.82, 2.24) is 14.8 Å². The van der Waals surface area contributed by atoms with Crippen LogP contribution in [0.4, 0.5) is 11.6 Å². The van der Waals surface area contributed by atoms with Crippen LogP contribution in [0, 0.1) is 10.1 Å². The van der Waals surface area contributed by atoms with Crippen molar-refractivity contribution in [3.05, 3.63) is 43.6 Å². The Morgan fingerprint density at radius 3 is 2.57 bits per heavy atom. The van der Waals surface area contributed by atoms with Gasteiger partial charge in [-0.2, -0.15) is 4.68 Å². The number of halogens is 3. The number of carbonyl (C=O) groups excluding carboxylic acids is 1. The molecular weight excluding hydrogens is 345 g/mol. The van der Waals surface area contributed by atoms with Gasteiger partial charge < -0.3 is 15.4 Å². The highest BCUT2D eigenvalue weighted by molar-refractivity contribution is 6.44. The molecule has 8 nitrogen and oxygen atoms in total. The van der Waals surface area contributed by atoms with Gasteiger partial charge in [-0.1, -0.05) is 39.8 Å². The maximum atomic E-state index is 11.8. The lowest BCUT2D eigenvalue weighted by atomic mass is 10.3. The molecule has 0 bridgehead atoms. The van der Waals surface area contributed by atoms with E-state index in [2.05, 4.69) is 15.4 Å². The van der Waals surface area contributed by atoms with Gasteiger partial charge in [-0.15, -0.1) is 0 Å². The first-order valence-electron chi connectivity index (χ1n) is 5.35. The van der Waals surface area contributed by atoms with Crippen LogP contribution in [-0.4, -0.2) is 25.6 Å². The largest absolute Gasteiger partial charge is 0.490 e. The van der Waals surface area contributed by atoms with Crippen LogP contribution in [0.1, 0.15) is 0 Å². The Labute approximate surface area is 132 Å². The number of nitro groups is 1. The number of rotatable bonds is 4. The van der Waals surface area contributed by atoms with Gasteiger partial charge in [0.05, 0.1) is 20.8 Å². The molecular formula is C10H6Cl3N5O3. The Bertz CT molecular complexity index is 718. The third-order valence-electron chi connectivity index (χ3n) is 2.28. The van der Waals surface area contributed by atoms with Gasteiger partial charge in [0.25, 0.3) is 0 Å². The molecule has 0 spiro atoms. The average molecular weight is 351 g/mol. The molecule has 0 atom stereocenters. The smallest absolute Gasteiger partial charge is 0.390 e. The molecule has 2 aromatic rings. The molecule has 0 fully saturated rings. The summed E-state index contributed by atoms with van der Waals surface area (Å²) in [6, 6.07) is 2.79. The Kier molecular flexibility index (Phi) is 4.61. The lowest BCUT2D eigenvalue weighted by Gasteiger charge is -2.07. The molecule has 0 saturated heterocycles. The van der Waals surface area contributed by atoms with Crippen molar-refractivity contribution in [2.75, 3.05) is 5.32 Å². The van der Waals surface area contributed by atoms with E-state index in [0.717, 1.165) is 11.0 Å². The second-order valence-electron chi connectivity index (χ2n) is 3.79. The summed E-state index contributed by atoms with van der Waals surface area (Å²) < 4.78 is 1.03. The van der Waals surface area contributed by atoms with E-state index in [4.69, 9.17) is 34.8 Å². The van der Waals surface area contributed by atoms with E-state index in [1.807, 2.05) is 0 Å².